The maximum atomic E-state index is 14.5. The van der Waals surface area contributed by atoms with Crippen molar-refractivity contribution in [1.29, 1.82) is 0 Å². The maximum absolute atomic E-state index is 14.5. The summed E-state index contributed by atoms with van der Waals surface area (Å²) in [5, 5.41) is 9.57. The first-order valence-corrected chi connectivity index (χ1v) is 15.8. The molecule has 4 atom stereocenters. The van der Waals surface area contributed by atoms with E-state index in [1.807, 2.05) is 24.3 Å². The SMILES string of the molecule is C=Cc1c(-c2cc(N=O)cc3ccccc23)nc(Cl)c2c(N3CC4CCC(C3)N4)nc(OC[C@@]34CCCN3C[C@H](F)C4)nc12. The van der Waals surface area contributed by atoms with E-state index in [2.05, 4.69) is 26.9 Å². The van der Waals surface area contributed by atoms with E-state index in [1.54, 1.807) is 18.2 Å². The zero-order valence-corrected chi connectivity index (χ0v) is 25.1. The minimum atomic E-state index is -0.852. The Morgan fingerprint density at radius 2 is 1.98 bits per heavy atom. The second kappa shape index (κ2) is 10.7. The van der Waals surface area contributed by atoms with Gasteiger partial charge in [0.05, 0.1) is 22.1 Å². The number of nitroso groups, excluding NO2 is 1. The summed E-state index contributed by atoms with van der Waals surface area (Å²) in [6, 6.07) is 12.2. The summed E-state index contributed by atoms with van der Waals surface area (Å²) in [7, 11) is 0. The van der Waals surface area contributed by atoms with Crippen LogP contribution < -0.4 is 15.0 Å². The molecule has 0 radical (unpaired) electrons. The second-order valence-corrected chi connectivity index (χ2v) is 13.0. The van der Waals surface area contributed by atoms with E-state index in [1.165, 1.54) is 0 Å². The van der Waals surface area contributed by atoms with E-state index >= 15 is 0 Å². The average Bonchev–Trinajstić information content (AvgIpc) is 3.68. The zero-order chi connectivity index (χ0) is 30.0. The molecule has 0 amide bonds. The van der Waals surface area contributed by atoms with E-state index in [9.17, 15) is 9.30 Å². The van der Waals surface area contributed by atoms with Gasteiger partial charge in [0, 0.05) is 49.3 Å². The van der Waals surface area contributed by atoms with Crippen molar-refractivity contribution in [3.8, 4) is 17.3 Å². The molecule has 4 saturated heterocycles. The Kier molecular flexibility index (Phi) is 6.77. The second-order valence-electron chi connectivity index (χ2n) is 12.6. The highest BCUT2D eigenvalue weighted by molar-refractivity contribution is 6.35. The highest BCUT2D eigenvalue weighted by Crippen LogP contribution is 2.43. The van der Waals surface area contributed by atoms with Crippen LogP contribution in [0.3, 0.4) is 0 Å². The number of pyridine rings is 1. The van der Waals surface area contributed by atoms with Gasteiger partial charge < -0.3 is 15.0 Å². The molecule has 0 spiro atoms. The summed E-state index contributed by atoms with van der Waals surface area (Å²) >= 11 is 7.06. The van der Waals surface area contributed by atoms with Crippen molar-refractivity contribution < 1.29 is 9.13 Å². The molecule has 0 saturated carbocycles. The van der Waals surface area contributed by atoms with E-state index < -0.39 is 6.17 Å². The Balaban J connectivity index is 1.31. The number of halogens is 2. The predicted octanol–water partition coefficient (Wildman–Crippen LogP) is 6.44. The smallest absolute Gasteiger partial charge is 0.319 e. The van der Waals surface area contributed by atoms with Crippen LogP contribution in [0, 0.1) is 4.91 Å². The molecule has 1 N–H and O–H groups in total. The summed E-state index contributed by atoms with van der Waals surface area (Å²) in [5.74, 6) is 0.680. The highest BCUT2D eigenvalue weighted by atomic mass is 35.5. The average molecular weight is 614 g/mol. The van der Waals surface area contributed by atoms with Gasteiger partial charge in [-0.15, -0.1) is 4.91 Å². The standard InChI is InChI=1S/C33H33ClFN7O2/c1-2-24-28(26-13-23(40-43)12-19-6-3-4-7-25(19)26)37-30(34)27-29(24)38-32(39-31(27)41-16-21-8-9-22(17-41)36-21)44-18-33-10-5-11-42(33)15-20(35)14-33/h2-4,6-7,12-13,20-22,36H,1,5,8-11,14-18H2/t20-,21?,22?,33+/m1/s1. The molecule has 2 unspecified atom stereocenters. The maximum Gasteiger partial charge on any atom is 0.319 e. The van der Waals surface area contributed by atoms with E-state index in [0.29, 0.717) is 70.9 Å². The summed E-state index contributed by atoms with van der Waals surface area (Å²) in [5.41, 5.74) is 2.44. The molecular weight excluding hydrogens is 581 g/mol. The van der Waals surface area contributed by atoms with Crippen molar-refractivity contribution in [2.24, 2.45) is 5.18 Å². The molecular formula is C33H33ClFN7O2. The van der Waals surface area contributed by atoms with Gasteiger partial charge in [-0.2, -0.15) is 9.97 Å². The largest absolute Gasteiger partial charge is 0.461 e. The lowest BCUT2D eigenvalue weighted by Gasteiger charge is -2.35. The van der Waals surface area contributed by atoms with Crippen LogP contribution in [-0.2, 0) is 0 Å². The Morgan fingerprint density at radius 1 is 1.16 bits per heavy atom. The first-order chi connectivity index (χ1) is 21.4. The first-order valence-electron chi connectivity index (χ1n) is 15.4. The van der Waals surface area contributed by atoms with Crippen LogP contribution in [0.5, 0.6) is 6.01 Å². The minimum absolute atomic E-state index is 0.228. The molecule has 2 aromatic carbocycles. The van der Waals surface area contributed by atoms with Crippen molar-refractivity contribution >= 4 is 50.9 Å². The molecule has 226 valence electrons. The fourth-order valence-corrected chi connectivity index (χ4v) is 8.25. The number of nitrogens with one attached hydrogen (secondary N) is 1. The normalized spacial score (nSPS) is 26.4. The van der Waals surface area contributed by atoms with Gasteiger partial charge in [0.1, 0.15) is 29.4 Å². The molecule has 2 aromatic heterocycles. The third-order valence-corrected chi connectivity index (χ3v) is 10.2. The number of piperazine rings is 1. The van der Waals surface area contributed by atoms with Gasteiger partial charge in [-0.1, -0.05) is 48.5 Å². The van der Waals surface area contributed by atoms with Crippen LogP contribution >= 0.6 is 11.6 Å². The molecule has 9 nitrogen and oxygen atoms in total. The number of aromatic nitrogens is 3. The third-order valence-electron chi connectivity index (χ3n) is 9.95. The van der Waals surface area contributed by atoms with Crippen LogP contribution in [0.1, 0.15) is 37.7 Å². The number of hydrogen-bond donors (Lipinski definition) is 1. The number of rotatable bonds is 7. The van der Waals surface area contributed by atoms with Gasteiger partial charge in [0.2, 0.25) is 0 Å². The molecule has 4 aromatic rings. The lowest BCUT2D eigenvalue weighted by Crippen LogP contribution is -2.51. The van der Waals surface area contributed by atoms with Crippen LogP contribution in [0.15, 0.2) is 48.2 Å². The summed E-state index contributed by atoms with van der Waals surface area (Å²) in [6.07, 6.45) is 5.46. The fraction of sp³-hybridized carbons (Fsp3) is 0.424. The molecule has 4 aliphatic heterocycles. The predicted molar refractivity (Wildman–Crippen MR) is 172 cm³/mol. The Labute approximate surface area is 259 Å². The van der Waals surface area contributed by atoms with Crippen molar-refractivity contribution in [2.45, 2.75) is 55.9 Å². The molecule has 4 aliphatic rings. The Morgan fingerprint density at radius 3 is 2.77 bits per heavy atom. The molecule has 11 heteroatoms. The number of anilines is 1. The number of alkyl halides is 1. The van der Waals surface area contributed by atoms with Gasteiger partial charge in [-0.3, -0.25) is 4.90 Å². The number of hydrogen-bond acceptors (Lipinski definition) is 9. The Hall–Kier alpha value is -3.73. The minimum Gasteiger partial charge on any atom is -0.461 e. The molecule has 2 bridgehead atoms. The topological polar surface area (TPSA) is 95.8 Å². The first kappa shape index (κ1) is 27.8. The number of fused-ring (bicyclic) bond motifs is 5. The van der Waals surface area contributed by atoms with Crippen molar-refractivity contribution in [2.75, 3.05) is 37.7 Å². The van der Waals surface area contributed by atoms with Gasteiger partial charge in [0.15, 0.2) is 0 Å². The van der Waals surface area contributed by atoms with Gasteiger partial charge in [0.25, 0.3) is 0 Å². The van der Waals surface area contributed by atoms with Gasteiger partial charge in [-0.25, -0.2) is 9.37 Å². The molecule has 6 heterocycles. The van der Waals surface area contributed by atoms with Crippen LogP contribution in [-0.4, -0.2) is 76.4 Å². The number of ether oxygens (including phenoxy) is 1. The number of nitrogens with zero attached hydrogens (tertiary/aromatic N) is 6. The monoisotopic (exact) mass is 613 g/mol. The fourth-order valence-electron chi connectivity index (χ4n) is 7.99. The molecule has 8 rings (SSSR count). The molecule has 4 fully saturated rings. The zero-order valence-electron chi connectivity index (χ0n) is 24.3. The van der Waals surface area contributed by atoms with Crippen LogP contribution in [0.4, 0.5) is 15.9 Å². The summed E-state index contributed by atoms with van der Waals surface area (Å²) in [6.45, 7) is 7.35. The third kappa shape index (κ3) is 4.53. The van der Waals surface area contributed by atoms with E-state index in [-0.39, 0.29) is 16.7 Å². The Bertz CT molecular complexity index is 1810. The number of benzene rings is 2. The van der Waals surface area contributed by atoms with E-state index in [4.69, 9.17) is 31.3 Å². The quantitative estimate of drug-likeness (QED) is 0.188. The van der Waals surface area contributed by atoms with Crippen molar-refractivity contribution in [1.82, 2.24) is 25.2 Å². The van der Waals surface area contributed by atoms with Gasteiger partial charge in [-0.05, 0) is 60.3 Å². The van der Waals surface area contributed by atoms with Gasteiger partial charge >= 0.3 is 6.01 Å². The van der Waals surface area contributed by atoms with Crippen molar-refractivity contribution in [3.05, 3.63) is 58.6 Å². The lowest BCUT2D eigenvalue weighted by molar-refractivity contribution is 0.107. The van der Waals surface area contributed by atoms with E-state index in [0.717, 1.165) is 56.1 Å². The molecule has 44 heavy (non-hydrogen) atoms. The van der Waals surface area contributed by atoms with Crippen LogP contribution in [0.25, 0.3) is 39.0 Å². The summed E-state index contributed by atoms with van der Waals surface area (Å²) < 4.78 is 20.9. The van der Waals surface area contributed by atoms with Crippen LogP contribution in [0.2, 0.25) is 5.15 Å². The summed E-state index contributed by atoms with van der Waals surface area (Å²) in [4.78, 5) is 31.0. The lowest BCUT2D eigenvalue weighted by atomic mass is 9.95. The molecule has 0 aliphatic carbocycles. The van der Waals surface area contributed by atoms with Crippen molar-refractivity contribution in [3.63, 3.8) is 0 Å². The highest BCUT2D eigenvalue weighted by Gasteiger charge is 2.49.